The number of halogens is 1. The summed E-state index contributed by atoms with van der Waals surface area (Å²) in [6.07, 6.45) is 1.20. The lowest BCUT2D eigenvalue weighted by molar-refractivity contribution is -0.159. The second-order valence-electron chi connectivity index (χ2n) is 14.5. The molecule has 1 N–H and O–H groups in total. The third kappa shape index (κ3) is 8.90. The first-order chi connectivity index (χ1) is 24.2. The number of carbonyl (C=O) groups is 4. The van der Waals surface area contributed by atoms with Crippen LogP contribution in [0.5, 0.6) is 11.5 Å². The van der Waals surface area contributed by atoms with E-state index in [0.717, 1.165) is 22.4 Å². The third-order valence-electron chi connectivity index (χ3n) is 9.64. The smallest absolute Gasteiger partial charge is 0.410 e. The summed E-state index contributed by atoms with van der Waals surface area (Å²) in [4.78, 5) is 53.8. The molecule has 3 aromatic carbocycles. The van der Waals surface area contributed by atoms with Crippen LogP contribution in [0.4, 0.5) is 9.18 Å². The minimum atomic E-state index is -0.863. The average Bonchev–Trinajstić information content (AvgIpc) is 3.11. The van der Waals surface area contributed by atoms with E-state index in [1.807, 2.05) is 49.4 Å². The van der Waals surface area contributed by atoms with Crippen molar-refractivity contribution in [2.24, 2.45) is 11.3 Å². The van der Waals surface area contributed by atoms with Crippen molar-refractivity contribution in [2.75, 3.05) is 27.3 Å². The standard InChI is InChI=1S/C39H47FN2O9/c1-38(2,3)51-37(46)42-19-16-31(29(22-42)35(44)48-6)41-34(43)28-20-33(30(40)21-32(28)47-5)50-26-14-17-39(4,18-15-26)36(45)49-23-25-12-9-11-24-10-7-8-13-27(24)25/h7-13,20-21,26,29,31H,14-19,22-23H2,1-6H3,(H,41,43)/t26?,29-,31+,39?/m1/s1. The summed E-state index contributed by atoms with van der Waals surface area (Å²) in [5.74, 6) is -3.19. The Morgan fingerprint density at radius 3 is 2.35 bits per heavy atom. The normalized spacial score (nSPS) is 22.1. The Kier molecular flexibility index (Phi) is 11.4. The Hall–Kier alpha value is -4.87. The number of benzene rings is 3. The van der Waals surface area contributed by atoms with E-state index in [1.165, 1.54) is 25.2 Å². The predicted octanol–water partition coefficient (Wildman–Crippen LogP) is 6.59. The van der Waals surface area contributed by atoms with E-state index < -0.39 is 52.9 Å². The number of nitrogens with zero attached hydrogens (tertiary/aromatic N) is 1. The lowest BCUT2D eigenvalue weighted by atomic mass is 9.74. The van der Waals surface area contributed by atoms with Crippen LogP contribution in [0.2, 0.25) is 0 Å². The summed E-state index contributed by atoms with van der Waals surface area (Å²) >= 11 is 0. The Bertz CT molecular complexity index is 1760. The largest absolute Gasteiger partial charge is 0.496 e. The van der Waals surface area contributed by atoms with Crippen molar-refractivity contribution >= 4 is 34.7 Å². The van der Waals surface area contributed by atoms with Gasteiger partial charge in [-0.15, -0.1) is 0 Å². The number of rotatable bonds is 9. The molecule has 0 radical (unpaired) electrons. The second-order valence-corrected chi connectivity index (χ2v) is 14.5. The molecule has 0 spiro atoms. The van der Waals surface area contributed by atoms with E-state index in [4.69, 9.17) is 23.7 Å². The van der Waals surface area contributed by atoms with Gasteiger partial charge in [0.15, 0.2) is 11.6 Å². The fourth-order valence-electron chi connectivity index (χ4n) is 6.69. The van der Waals surface area contributed by atoms with Crippen LogP contribution in [0.3, 0.4) is 0 Å². The van der Waals surface area contributed by atoms with Gasteiger partial charge in [0.2, 0.25) is 0 Å². The molecule has 2 fully saturated rings. The third-order valence-corrected chi connectivity index (χ3v) is 9.64. The molecule has 0 unspecified atom stereocenters. The van der Waals surface area contributed by atoms with E-state index in [0.29, 0.717) is 25.7 Å². The van der Waals surface area contributed by atoms with Crippen LogP contribution < -0.4 is 14.8 Å². The number of carbonyl (C=O) groups excluding carboxylic acids is 4. The molecule has 51 heavy (non-hydrogen) atoms. The average molecular weight is 707 g/mol. The lowest BCUT2D eigenvalue weighted by Crippen LogP contribution is -2.55. The Balaban J connectivity index is 1.21. The van der Waals surface area contributed by atoms with Gasteiger partial charge in [0, 0.05) is 25.2 Å². The molecule has 12 heteroatoms. The van der Waals surface area contributed by atoms with Crippen molar-refractivity contribution in [2.45, 2.75) is 84.2 Å². The van der Waals surface area contributed by atoms with Crippen molar-refractivity contribution in [1.29, 1.82) is 0 Å². The summed E-state index contributed by atoms with van der Waals surface area (Å²) in [6.45, 7) is 7.52. The zero-order chi connectivity index (χ0) is 36.9. The SMILES string of the molecule is COC(=O)[C@@H]1CN(C(=O)OC(C)(C)C)CC[C@@H]1NC(=O)c1cc(OC2CCC(C)(C(=O)OCc3cccc4ccccc34)CC2)c(F)cc1OC. The van der Waals surface area contributed by atoms with Crippen LogP contribution >= 0.6 is 0 Å². The van der Waals surface area contributed by atoms with Gasteiger partial charge in [-0.1, -0.05) is 42.5 Å². The first kappa shape index (κ1) is 37.4. The highest BCUT2D eigenvalue weighted by Gasteiger charge is 2.41. The van der Waals surface area contributed by atoms with Gasteiger partial charge in [0.05, 0.1) is 37.2 Å². The minimum absolute atomic E-state index is 0.0108. The van der Waals surface area contributed by atoms with Gasteiger partial charge < -0.3 is 33.9 Å². The van der Waals surface area contributed by atoms with Crippen LogP contribution in [0.1, 0.15) is 75.7 Å². The topological polar surface area (TPSA) is 130 Å². The van der Waals surface area contributed by atoms with Crippen LogP contribution in [0.15, 0.2) is 54.6 Å². The maximum atomic E-state index is 15.3. The fourth-order valence-corrected chi connectivity index (χ4v) is 6.69. The molecule has 274 valence electrons. The van der Waals surface area contributed by atoms with Gasteiger partial charge in [0.1, 0.15) is 18.0 Å². The molecule has 1 saturated carbocycles. The summed E-state index contributed by atoms with van der Waals surface area (Å²) in [5.41, 5.74) is -0.485. The maximum absolute atomic E-state index is 15.3. The number of methoxy groups -OCH3 is 2. The monoisotopic (exact) mass is 706 g/mol. The molecule has 1 saturated heterocycles. The van der Waals surface area contributed by atoms with Crippen molar-refractivity contribution in [1.82, 2.24) is 10.2 Å². The summed E-state index contributed by atoms with van der Waals surface area (Å²) < 4.78 is 42.9. The van der Waals surface area contributed by atoms with E-state index in [9.17, 15) is 19.2 Å². The van der Waals surface area contributed by atoms with Crippen LogP contribution in [0.25, 0.3) is 10.8 Å². The summed E-state index contributed by atoms with van der Waals surface area (Å²) in [6, 6.07) is 15.6. The fraction of sp³-hybridized carbons (Fsp3) is 0.487. The first-order valence-electron chi connectivity index (χ1n) is 17.3. The van der Waals surface area contributed by atoms with Crippen molar-refractivity contribution in [3.05, 3.63) is 71.5 Å². The molecule has 0 aromatic heterocycles. The molecule has 1 aliphatic carbocycles. The predicted molar refractivity (Wildman–Crippen MR) is 187 cm³/mol. The number of esters is 2. The molecule has 5 rings (SSSR count). The Morgan fingerprint density at radius 1 is 0.961 bits per heavy atom. The highest BCUT2D eigenvalue weighted by atomic mass is 19.1. The van der Waals surface area contributed by atoms with Gasteiger partial charge in [-0.25, -0.2) is 9.18 Å². The zero-order valence-electron chi connectivity index (χ0n) is 30.1. The van der Waals surface area contributed by atoms with Crippen LogP contribution in [-0.2, 0) is 30.4 Å². The van der Waals surface area contributed by atoms with Crippen LogP contribution in [0, 0.1) is 17.2 Å². The number of fused-ring (bicyclic) bond motifs is 1. The van der Waals surface area contributed by atoms with Crippen LogP contribution in [-0.4, -0.2) is 73.9 Å². The van der Waals surface area contributed by atoms with E-state index in [-0.39, 0.29) is 49.1 Å². The number of ether oxygens (including phenoxy) is 5. The number of nitrogens with one attached hydrogen (secondary N) is 1. The van der Waals surface area contributed by atoms with E-state index >= 15 is 4.39 Å². The van der Waals surface area contributed by atoms with Crippen molar-refractivity contribution in [3.8, 4) is 11.5 Å². The summed E-state index contributed by atoms with van der Waals surface area (Å²) in [5, 5.41) is 4.98. The quantitative estimate of drug-likeness (QED) is 0.194. The first-order valence-corrected chi connectivity index (χ1v) is 17.3. The van der Waals surface area contributed by atoms with Gasteiger partial charge in [0.25, 0.3) is 5.91 Å². The molecule has 1 heterocycles. The molecule has 1 aliphatic heterocycles. The van der Waals surface area contributed by atoms with Gasteiger partial charge in [-0.3, -0.25) is 14.4 Å². The highest BCUT2D eigenvalue weighted by molar-refractivity contribution is 5.98. The molecular weight excluding hydrogens is 659 g/mol. The van der Waals surface area contributed by atoms with Gasteiger partial charge in [-0.05, 0) is 82.2 Å². The minimum Gasteiger partial charge on any atom is -0.496 e. The number of piperidine rings is 1. The van der Waals surface area contributed by atoms with Gasteiger partial charge in [-0.2, -0.15) is 0 Å². The lowest BCUT2D eigenvalue weighted by Gasteiger charge is -2.38. The summed E-state index contributed by atoms with van der Waals surface area (Å²) in [7, 11) is 2.56. The molecule has 11 nitrogen and oxygen atoms in total. The number of hydrogen-bond acceptors (Lipinski definition) is 9. The molecular formula is C39H47FN2O9. The number of likely N-dealkylation sites (tertiary alicyclic amines) is 1. The van der Waals surface area contributed by atoms with Crippen molar-refractivity contribution < 1.29 is 47.3 Å². The Morgan fingerprint density at radius 2 is 1.67 bits per heavy atom. The molecule has 0 bridgehead atoms. The van der Waals surface area contributed by atoms with E-state index in [2.05, 4.69) is 5.32 Å². The molecule has 3 aromatic rings. The second kappa shape index (κ2) is 15.6. The Labute approximate surface area is 297 Å². The maximum Gasteiger partial charge on any atom is 0.410 e. The number of hydrogen-bond donors (Lipinski definition) is 1. The molecule has 2 aliphatic rings. The zero-order valence-corrected chi connectivity index (χ0v) is 30.1. The van der Waals surface area contributed by atoms with Gasteiger partial charge >= 0.3 is 18.0 Å². The molecule has 2 atom stereocenters. The highest BCUT2D eigenvalue weighted by Crippen LogP contribution is 2.40. The van der Waals surface area contributed by atoms with E-state index in [1.54, 1.807) is 20.8 Å². The number of amides is 2. The van der Waals surface area contributed by atoms with Crippen molar-refractivity contribution in [3.63, 3.8) is 0 Å². The molecule has 2 amide bonds.